The van der Waals surface area contributed by atoms with Gasteiger partial charge in [-0.2, -0.15) is 0 Å². The van der Waals surface area contributed by atoms with Crippen molar-refractivity contribution in [1.29, 1.82) is 0 Å². The van der Waals surface area contributed by atoms with Crippen molar-refractivity contribution < 1.29 is 4.74 Å². The largest absolute Gasteiger partial charge is 0.370 e. The number of aromatic nitrogens is 2. The molecule has 0 saturated heterocycles. The first-order valence-electron chi connectivity index (χ1n) is 10.3. The molecule has 0 aliphatic carbocycles. The SMILES string of the molecule is CC1(C)Cc2c(sc3c2c(=O)n(-c2cccc(Cl)c2)c(=O)n3Cc2c(Cl)cccc2Cl)CO1. The highest BCUT2D eigenvalue weighted by molar-refractivity contribution is 7.18. The summed E-state index contributed by atoms with van der Waals surface area (Å²) in [7, 11) is 0. The van der Waals surface area contributed by atoms with Gasteiger partial charge < -0.3 is 4.74 Å². The van der Waals surface area contributed by atoms with Gasteiger partial charge in [-0.15, -0.1) is 11.3 Å². The fraction of sp³-hybridized carbons (Fsp3) is 0.250. The Labute approximate surface area is 208 Å². The van der Waals surface area contributed by atoms with E-state index in [9.17, 15) is 9.59 Å². The third-order valence-corrected chi connectivity index (χ3v) is 7.97. The quantitative estimate of drug-likeness (QED) is 0.329. The first kappa shape index (κ1) is 22.7. The van der Waals surface area contributed by atoms with E-state index in [0.29, 0.717) is 49.6 Å². The van der Waals surface area contributed by atoms with Crippen molar-refractivity contribution in [2.75, 3.05) is 0 Å². The zero-order chi connectivity index (χ0) is 23.5. The maximum absolute atomic E-state index is 13.8. The van der Waals surface area contributed by atoms with Crippen molar-refractivity contribution in [2.24, 2.45) is 0 Å². The molecule has 0 radical (unpaired) electrons. The second-order valence-electron chi connectivity index (χ2n) is 8.60. The lowest BCUT2D eigenvalue weighted by molar-refractivity contribution is -0.0379. The second-order valence-corrected chi connectivity index (χ2v) is 10.9. The minimum Gasteiger partial charge on any atom is -0.370 e. The predicted molar refractivity (Wildman–Crippen MR) is 135 cm³/mol. The van der Waals surface area contributed by atoms with Gasteiger partial charge in [0.1, 0.15) is 4.83 Å². The molecule has 0 bridgehead atoms. The summed E-state index contributed by atoms with van der Waals surface area (Å²) in [5.41, 5.74) is 0.680. The topological polar surface area (TPSA) is 53.2 Å². The zero-order valence-corrected chi connectivity index (χ0v) is 20.9. The third kappa shape index (κ3) is 3.94. The van der Waals surface area contributed by atoms with Crippen LogP contribution in [0.5, 0.6) is 0 Å². The molecule has 0 saturated carbocycles. The minimum atomic E-state index is -0.482. The lowest BCUT2D eigenvalue weighted by Gasteiger charge is -2.29. The van der Waals surface area contributed by atoms with Gasteiger partial charge in [-0.05, 0) is 49.7 Å². The highest BCUT2D eigenvalue weighted by atomic mass is 35.5. The minimum absolute atomic E-state index is 0.123. The average molecular weight is 522 g/mol. The lowest BCUT2D eigenvalue weighted by Crippen LogP contribution is -2.39. The van der Waals surface area contributed by atoms with Gasteiger partial charge in [-0.3, -0.25) is 9.36 Å². The molecule has 0 atom stereocenters. The molecule has 4 aromatic rings. The fourth-order valence-corrected chi connectivity index (χ4v) is 6.10. The Morgan fingerprint density at radius 3 is 2.45 bits per heavy atom. The number of fused-ring (bicyclic) bond motifs is 3. The van der Waals surface area contributed by atoms with Crippen LogP contribution < -0.4 is 11.2 Å². The number of thiophene rings is 1. The van der Waals surface area contributed by atoms with Gasteiger partial charge in [0.25, 0.3) is 5.56 Å². The molecule has 0 N–H and O–H groups in total. The highest BCUT2D eigenvalue weighted by Gasteiger charge is 2.32. The summed E-state index contributed by atoms with van der Waals surface area (Å²) in [6.07, 6.45) is 0.568. The number of nitrogens with zero attached hydrogens (tertiary/aromatic N) is 2. The van der Waals surface area contributed by atoms with Gasteiger partial charge in [0.15, 0.2) is 0 Å². The Kier molecular flexibility index (Phi) is 5.70. The molecular formula is C24H19Cl3N2O3S. The molecule has 0 fully saturated rings. The maximum atomic E-state index is 13.8. The molecular weight excluding hydrogens is 503 g/mol. The molecule has 5 rings (SSSR count). The van der Waals surface area contributed by atoms with Crippen LogP contribution in [-0.4, -0.2) is 14.7 Å². The highest BCUT2D eigenvalue weighted by Crippen LogP contribution is 2.38. The summed E-state index contributed by atoms with van der Waals surface area (Å²) < 4.78 is 8.72. The van der Waals surface area contributed by atoms with Crippen LogP contribution in [-0.2, 0) is 24.3 Å². The Morgan fingerprint density at radius 1 is 1.06 bits per heavy atom. The van der Waals surface area contributed by atoms with Gasteiger partial charge in [0, 0.05) is 31.9 Å². The number of benzene rings is 2. The molecule has 1 aliphatic rings. The van der Waals surface area contributed by atoms with Gasteiger partial charge in [0.05, 0.1) is 29.8 Å². The van der Waals surface area contributed by atoms with Gasteiger partial charge in [0.2, 0.25) is 0 Å². The van der Waals surface area contributed by atoms with Crippen LogP contribution in [0.3, 0.4) is 0 Å². The first-order valence-corrected chi connectivity index (χ1v) is 12.2. The van der Waals surface area contributed by atoms with Gasteiger partial charge in [-0.1, -0.05) is 46.9 Å². The van der Waals surface area contributed by atoms with E-state index in [0.717, 1.165) is 10.4 Å². The maximum Gasteiger partial charge on any atom is 0.337 e. The molecule has 1 aliphatic heterocycles. The number of halogens is 3. The number of ether oxygens (including phenoxy) is 1. The smallest absolute Gasteiger partial charge is 0.337 e. The van der Waals surface area contributed by atoms with Crippen LogP contribution in [0, 0.1) is 0 Å². The summed E-state index contributed by atoms with van der Waals surface area (Å²) in [4.78, 5) is 29.1. The second kappa shape index (κ2) is 8.29. The van der Waals surface area contributed by atoms with Gasteiger partial charge in [-0.25, -0.2) is 9.36 Å². The van der Waals surface area contributed by atoms with E-state index in [4.69, 9.17) is 39.5 Å². The van der Waals surface area contributed by atoms with Crippen molar-refractivity contribution in [3.63, 3.8) is 0 Å². The van der Waals surface area contributed by atoms with Crippen LogP contribution in [0.25, 0.3) is 15.9 Å². The number of rotatable bonds is 3. The molecule has 0 unspecified atom stereocenters. The normalized spacial score (nSPS) is 15.1. The van der Waals surface area contributed by atoms with Crippen LogP contribution in [0.15, 0.2) is 52.1 Å². The monoisotopic (exact) mass is 520 g/mol. The van der Waals surface area contributed by atoms with Crippen LogP contribution >= 0.6 is 46.1 Å². The van der Waals surface area contributed by atoms with E-state index < -0.39 is 11.3 Å². The van der Waals surface area contributed by atoms with Crippen molar-refractivity contribution >= 4 is 56.4 Å². The molecule has 3 heterocycles. The summed E-state index contributed by atoms with van der Waals surface area (Å²) >= 11 is 20.4. The van der Waals surface area contributed by atoms with Crippen molar-refractivity contribution in [3.05, 3.63) is 94.4 Å². The number of hydrogen-bond donors (Lipinski definition) is 0. The molecule has 0 spiro atoms. The summed E-state index contributed by atoms with van der Waals surface area (Å²) in [6, 6.07) is 11.9. The zero-order valence-electron chi connectivity index (χ0n) is 17.8. The van der Waals surface area contributed by atoms with Crippen LogP contribution in [0.1, 0.15) is 29.9 Å². The molecule has 170 valence electrons. The van der Waals surface area contributed by atoms with E-state index in [1.165, 1.54) is 15.9 Å². The Morgan fingerprint density at radius 2 is 1.76 bits per heavy atom. The Balaban J connectivity index is 1.87. The summed E-state index contributed by atoms with van der Waals surface area (Å²) in [6.45, 7) is 4.50. The first-order chi connectivity index (χ1) is 15.7. The van der Waals surface area contributed by atoms with Gasteiger partial charge >= 0.3 is 5.69 Å². The lowest BCUT2D eigenvalue weighted by atomic mass is 9.94. The van der Waals surface area contributed by atoms with E-state index in [2.05, 4.69) is 0 Å². The predicted octanol–water partition coefficient (Wildman–Crippen LogP) is 6.07. The molecule has 33 heavy (non-hydrogen) atoms. The summed E-state index contributed by atoms with van der Waals surface area (Å²) in [5.74, 6) is 0. The van der Waals surface area contributed by atoms with Crippen molar-refractivity contribution in [1.82, 2.24) is 9.13 Å². The average Bonchev–Trinajstić information content (AvgIpc) is 3.10. The Hall–Kier alpha value is -2.09. The molecule has 2 aromatic heterocycles. The van der Waals surface area contributed by atoms with Crippen molar-refractivity contribution in [3.8, 4) is 5.69 Å². The number of hydrogen-bond acceptors (Lipinski definition) is 4. The van der Waals surface area contributed by atoms with E-state index in [1.54, 1.807) is 47.0 Å². The molecule has 2 aromatic carbocycles. The molecule has 9 heteroatoms. The van der Waals surface area contributed by atoms with Crippen LogP contribution in [0.4, 0.5) is 0 Å². The van der Waals surface area contributed by atoms with E-state index in [-0.39, 0.29) is 12.1 Å². The van der Waals surface area contributed by atoms with E-state index >= 15 is 0 Å². The molecule has 5 nitrogen and oxygen atoms in total. The Bertz CT molecular complexity index is 1510. The summed E-state index contributed by atoms with van der Waals surface area (Å²) in [5, 5.41) is 1.86. The van der Waals surface area contributed by atoms with Crippen molar-refractivity contribution in [2.45, 2.75) is 39.0 Å². The standard InChI is InChI=1S/C24H19Cl3N2O3S/c1-24(2)10-15-19(12-32-24)33-22-20(15)21(30)29(14-6-3-5-13(25)9-14)23(31)28(22)11-16-17(26)7-4-8-18(16)27/h3-9H,10-12H2,1-2H3. The fourth-order valence-electron chi connectivity index (χ4n) is 4.18. The molecule has 0 amide bonds. The third-order valence-electron chi connectivity index (χ3n) is 5.80. The van der Waals surface area contributed by atoms with Crippen LogP contribution in [0.2, 0.25) is 15.1 Å². The van der Waals surface area contributed by atoms with E-state index in [1.807, 2.05) is 13.8 Å².